The molecule has 2 saturated heterocycles. The number of nitrogens with one attached hydrogen (secondary N) is 6. The van der Waals surface area contributed by atoms with Gasteiger partial charge < -0.3 is 60.6 Å². The Morgan fingerprint density at radius 2 is 1.26 bits per heavy atom. The van der Waals surface area contributed by atoms with Crippen LogP contribution in [-0.2, 0) is 40.0 Å². The molecule has 87 heavy (non-hydrogen) atoms. The highest BCUT2D eigenvalue weighted by Crippen LogP contribution is 2.46. The molecule has 2 amide bonds. The van der Waals surface area contributed by atoms with Crippen LogP contribution in [0.2, 0.25) is 0 Å². The molecule has 1 aliphatic carbocycles. The standard InChI is InChI=1S/C53H54F11N17O6/c1-7-67-43-29(52(59,60)61)21-69-47(76-43)71-34-18-31(55)27(17-37(34)84-5)46(83)80-10-13-87-39(23-80)41-40(53(62,63)64)44(77-49(74-41)72-35-19-30(54)26(16-38(35)85-6)45(82)79-8-11-86-12-9-79)70-32-14-25(32)15-33-36(22-81(78-33)50(2,3)24-65)73-48-68-20-28(51(56,57)58)42(66-4)75-48/h16-22,25,32,39H,7-15,23H2,1-6H3,(H2,66,68,73,75)(H2,67,69,71,76)(H2,70,72,74,77). The maximum atomic E-state index is 16.2. The predicted molar refractivity (Wildman–Crippen MR) is 288 cm³/mol. The van der Waals surface area contributed by atoms with E-state index in [1.54, 1.807) is 0 Å². The first-order chi connectivity index (χ1) is 41.1. The molecule has 6 N–H and O–H groups in total. The van der Waals surface area contributed by atoms with Crippen LogP contribution in [0.25, 0.3) is 0 Å². The number of aromatic nitrogens is 8. The van der Waals surface area contributed by atoms with Crippen molar-refractivity contribution in [2.24, 2.45) is 5.92 Å². The summed E-state index contributed by atoms with van der Waals surface area (Å²) in [5.41, 5.74) is -7.02. The minimum absolute atomic E-state index is 0.00811. The zero-order valence-electron chi connectivity index (χ0n) is 46.9. The van der Waals surface area contributed by atoms with E-state index in [4.69, 9.17) is 18.9 Å². The van der Waals surface area contributed by atoms with Crippen molar-refractivity contribution in [1.82, 2.24) is 49.5 Å². The Balaban J connectivity index is 1.05. The quantitative estimate of drug-likeness (QED) is 0.0412. The number of amides is 2. The number of rotatable bonds is 19. The average Bonchev–Trinajstić information content (AvgIpc) is 1.84. The average molecular weight is 1230 g/mol. The van der Waals surface area contributed by atoms with Gasteiger partial charge in [0.05, 0.1) is 92.4 Å². The maximum absolute atomic E-state index is 16.2. The van der Waals surface area contributed by atoms with Crippen molar-refractivity contribution in [1.29, 1.82) is 5.26 Å². The lowest BCUT2D eigenvalue weighted by molar-refractivity contribution is -0.140. The van der Waals surface area contributed by atoms with Gasteiger partial charge in [-0.1, -0.05) is 0 Å². The number of methoxy groups -OCH3 is 2. The molecule has 0 spiro atoms. The maximum Gasteiger partial charge on any atom is 0.421 e. The van der Waals surface area contributed by atoms with Crippen LogP contribution < -0.4 is 41.4 Å². The van der Waals surface area contributed by atoms with Crippen molar-refractivity contribution in [3.63, 3.8) is 0 Å². The molecule has 2 aliphatic heterocycles. The molecule has 2 aromatic carbocycles. The highest BCUT2D eigenvalue weighted by molar-refractivity contribution is 5.96. The minimum atomic E-state index is -5.29. The van der Waals surface area contributed by atoms with Crippen molar-refractivity contribution in [2.75, 3.05) is 106 Å². The van der Waals surface area contributed by atoms with Crippen molar-refractivity contribution in [3.8, 4) is 17.6 Å². The summed E-state index contributed by atoms with van der Waals surface area (Å²) in [6.07, 6.45) is -14.0. The highest BCUT2D eigenvalue weighted by Gasteiger charge is 2.46. The predicted octanol–water partition coefficient (Wildman–Crippen LogP) is 9.30. The van der Waals surface area contributed by atoms with E-state index >= 15 is 22.0 Å². The van der Waals surface area contributed by atoms with Gasteiger partial charge in [0.25, 0.3) is 11.8 Å². The van der Waals surface area contributed by atoms with Crippen LogP contribution in [0.15, 0.2) is 42.9 Å². The largest absolute Gasteiger partial charge is 0.495 e. The van der Waals surface area contributed by atoms with E-state index in [0.29, 0.717) is 12.4 Å². The number of hydrogen-bond acceptors (Lipinski definition) is 20. The Bertz CT molecular complexity index is 3610. The lowest BCUT2D eigenvalue weighted by Gasteiger charge is -2.34. The van der Waals surface area contributed by atoms with Gasteiger partial charge in [-0.3, -0.25) is 14.3 Å². The molecule has 3 aliphatic rings. The SMILES string of the molecule is CCNc1nc(Nc2cc(F)c(C(=O)N3CCOC(c4nc(Nc5cc(F)c(C(=O)N6CCOCC6)cc5OC)nc(NC5CC5Cc5nn(C(C)(C)C#N)cc5Nc5ncc(C(F)(F)F)c(NC)n5)c4C(F)(F)F)C3)cc2OC)ncc1C(F)(F)F. The number of ether oxygens (including phenoxy) is 4. The topological polar surface area (TPSA) is 269 Å². The minimum Gasteiger partial charge on any atom is -0.495 e. The number of halogens is 11. The molecule has 3 fully saturated rings. The summed E-state index contributed by atoms with van der Waals surface area (Å²) in [6.45, 7) is 3.98. The van der Waals surface area contributed by atoms with Gasteiger partial charge in [0.2, 0.25) is 17.8 Å². The lowest BCUT2D eigenvalue weighted by atomic mass is 10.1. The Kier molecular flexibility index (Phi) is 17.7. The van der Waals surface area contributed by atoms with Gasteiger partial charge in [0, 0.05) is 63.8 Å². The summed E-state index contributed by atoms with van der Waals surface area (Å²) >= 11 is 0. The molecule has 9 rings (SSSR count). The molecular formula is C53H54F11N17O6. The molecule has 3 unspecified atom stereocenters. The number of benzene rings is 2. The number of anilines is 9. The van der Waals surface area contributed by atoms with Gasteiger partial charge in [-0.15, -0.1) is 0 Å². The summed E-state index contributed by atoms with van der Waals surface area (Å²) in [4.78, 5) is 54.0. The number of nitriles is 1. The van der Waals surface area contributed by atoms with Crippen LogP contribution in [0.1, 0.15) is 82.1 Å². The molecule has 23 nitrogen and oxygen atoms in total. The van der Waals surface area contributed by atoms with E-state index in [0.717, 1.165) is 36.3 Å². The molecule has 6 aromatic rings. The number of nitrogens with zero attached hydrogens (tertiary/aromatic N) is 11. The number of morpholine rings is 2. The molecular weight excluding hydrogens is 1180 g/mol. The number of carbonyl (C=O) groups excluding carboxylic acids is 2. The Morgan fingerprint density at radius 1 is 0.724 bits per heavy atom. The van der Waals surface area contributed by atoms with Crippen LogP contribution in [-0.4, -0.2) is 141 Å². The highest BCUT2D eigenvalue weighted by atomic mass is 19.4. The third-order valence-electron chi connectivity index (χ3n) is 14.1. The van der Waals surface area contributed by atoms with Crippen molar-refractivity contribution in [3.05, 3.63) is 93.7 Å². The second-order valence-corrected chi connectivity index (χ2v) is 20.4. The zero-order valence-corrected chi connectivity index (χ0v) is 46.9. The van der Waals surface area contributed by atoms with E-state index in [-0.39, 0.29) is 92.4 Å². The van der Waals surface area contributed by atoms with Crippen LogP contribution >= 0.6 is 0 Å². The van der Waals surface area contributed by atoms with Crippen LogP contribution in [0.5, 0.6) is 11.5 Å². The number of alkyl halides is 9. The molecule has 464 valence electrons. The molecule has 0 bridgehead atoms. The molecule has 6 heterocycles. The fraction of sp³-hybridized carbons (Fsp3) is 0.434. The van der Waals surface area contributed by atoms with E-state index in [1.807, 2.05) is 0 Å². The second kappa shape index (κ2) is 24.7. The first-order valence-electron chi connectivity index (χ1n) is 26.5. The monoisotopic (exact) mass is 1230 g/mol. The Morgan fingerprint density at radius 3 is 1.82 bits per heavy atom. The molecule has 34 heteroatoms. The third-order valence-corrected chi connectivity index (χ3v) is 14.1. The van der Waals surface area contributed by atoms with Crippen molar-refractivity contribution < 1.29 is 76.8 Å². The van der Waals surface area contributed by atoms with Gasteiger partial charge >= 0.3 is 18.5 Å². The van der Waals surface area contributed by atoms with Crippen molar-refractivity contribution in [2.45, 2.75) is 69.8 Å². The van der Waals surface area contributed by atoms with E-state index in [9.17, 15) is 41.2 Å². The first kappa shape index (κ1) is 62.4. The fourth-order valence-electron chi connectivity index (χ4n) is 9.45. The van der Waals surface area contributed by atoms with Crippen LogP contribution in [0.3, 0.4) is 0 Å². The van der Waals surface area contributed by atoms with E-state index < -0.39 is 142 Å². The molecule has 4 aromatic heterocycles. The summed E-state index contributed by atoms with van der Waals surface area (Å²) in [7, 11) is 3.57. The normalized spacial score (nSPS) is 17.3. The van der Waals surface area contributed by atoms with Gasteiger partial charge in [-0.2, -0.15) is 64.8 Å². The fourth-order valence-corrected chi connectivity index (χ4v) is 9.45. The lowest BCUT2D eigenvalue weighted by Crippen LogP contribution is -2.43. The Labute approximate surface area is 487 Å². The molecule has 3 atom stereocenters. The smallest absolute Gasteiger partial charge is 0.421 e. The van der Waals surface area contributed by atoms with Gasteiger partial charge in [0.1, 0.15) is 68.9 Å². The van der Waals surface area contributed by atoms with Gasteiger partial charge in [0.15, 0.2) is 0 Å². The van der Waals surface area contributed by atoms with Gasteiger partial charge in [-0.25, -0.2) is 23.7 Å². The van der Waals surface area contributed by atoms with Crippen molar-refractivity contribution >= 4 is 64.2 Å². The third kappa shape index (κ3) is 13.8. The van der Waals surface area contributed by atoms with Crippen LogP contribution in [0.4, 0.5) is 101 Å². The summed E-state index contributed by atoms with van der Waals surface area (Å²) in [6, 6.07) is 4.98. The first-order valence-corrected chi connectivity index (χ1v) is 26.5. The molecule has 1 saturated carbocycles. The Hall–Kier alpha value is -9.13. The number of carbonyl (C=O) groups is 2. The molecule has 0 radical (unpaired) electrons. The van der Waals surface area contributed by atoms with E-state index in [1.165, 1.54) is 50.7 Å². The second-order valence-electron chi connectivity index (χ2n) is 20.4. The summed E-state index contributed by atoms with van der Waals surface area (Å²) in [5.74, 6) is -8.15. The van der Waals surface area contributed by atoms with Gasteiger partial charge in [-0.05, 0) is 51.7 Å². The number of hydrogen-bond donors (Lipinski definition) is 6. The summed E-state index contributed by atoms with van der Waals surface area (Å²) < 4.78 is 185. The summed E-state index contributed by atoms with van der Waals surface area (Å²) in [5, 5.41) is 30.4. The van der Waals surface area contributed by atoms with Crippen LogP contribution in [0, 0.1) is 28.9 Å². The van der Waals surface area contributed by atoms with E-state index in [2.05, 4.69) is 73.0 Å². The zero-order chi connectivity index (χ0) is 62.9.